The van der Waals surface area contributed by atoms with E-state index in [0.29, 0.717) is 41.5 Å². The average molecular weight is 487 g/mol. The van der Waals surface area contributed by atoms with Crippen LogP contribution in [0.3, 0.4) is 0 Å². The Kier molecular flexibility index (Phi) is 6.28. The van der Waals surface area contributed by atoms with Gasteiger partial charge in [-0.3, -0.25) is 9.78 Å². The van der Waals surface area contributed by atoms with Crippen molar-refractivity contribution in [2.75, 3.05) is 23.4 Å². The topological polar surface area (TPSA) is 84.6 Å². The van der Waals surface area contributed by atoms with E-state index in [1.54, 1.807) is 23.0 Å². The third-order valence-corrected chi connectivity index (χ3v) is 6.93. The van der Waals surface area contributed by atoms with Crippen LogP contribution in [0, 0.1) is 19.8 Å². The molecule has 0 spiro atoms. The zero-order valence-electron chi connectivity index (χ0n) is 21.9. The van der Waals surface area contributed by atoms with Gasteiger partial charge in [0.2, 0.25) is 11.8 Å². The maximum atomic E-state index is 13.5. The van der Waals surface area contributed by atoms with Crippen LogP contribution in [0.15, 0.2) is 35.5 Å². The highest BCUT2D eigenvalue weighted by molar-refractivity contribution is 6.19. The van der Waals surface area contributed by atoms with E-state index in [0.717, 1.165) is 47.6 Å². The highest BCUT2D eigenvalue weighted by atomic mass is 16.5. The molecule has 0 unspecified atom stereocenters. The normalized spacial score (nSPS) is 19.3. The largest absolute Gasteiger partial charge is 0.477 e. The molecule has 2 aliphatic heterocycles. The number of aromatic nitrogens is 3. The standard InChI is InChI=1S/C28H34N6O2/c1-16(2)20-10-18(4)25-24(13-20)34-15-17(3)8-7-9-36-27-22(14-29-33(27)6)23-12-21(11-19(5)30-23)26(35)32-28(34)31-25/h10-14,16-17H,7-9,15H2,1-6H3,(H,31,32,35)/t17-/m1/s1. The molecule has 2 aliphatic rings. The van der Waals surface area contributed by atoms with Gasteiger partial charge < -0.3 is 15.0 Å². The van der Waals surface area contributed by atoms with E-state index in [9.17, 15) is 4.79 Å². The van der Waals surface area contributed by atoms with Crippen molar-refractivity contribution in [1.29, 1.82) is 0 Å². The molecule has 0 fully saturated rings. The zero-order valence-corrected chi connectivity index (χ0v) is 21.9. The summed E-state index contributed by atoms with van der Waals surface area (Å²) < 4.78 is 7.88. The van der Waals surface area contributed by atoms with Gasteiger partial charge in [-0.25, -0.2) is 4.68 Å². The predicted octanol–water partition coefficient (Wildman–Crippen LogP) is 5.46. The summed E-state index contributed by atoms with van der Waals surface area (Å²) >= 11 is 0. The highest BCUT2D eigenvalue weighted by Gasteiger charge is 2.30. The number of guanidine groups is 1. The number of ether oxygens (including phenoxy) is 1. The number of benzene rings is 1. The molecule has 5 rings (SSSR count). The summed E-state index contributed by atoms with van der Waals surface area (Å²) in [6.45, 7) is 12.0. The van der Waals surface area contributed by atoms with Crippen LogP contribution in [0.4, 0.5) is 11.4 Å². The fraction of sp³-hybridized carbons (Fsp3) is 0.429. The molecule has 1 N–H and O–H groups in total. The van der Waals surface area contributed by atoms with Gasteiger partial charge in [0.25, 0.3) is 5.91 Å². The van der Waals surface area contributed by atoms with Crippen LogP contribution in [-0.4, -0.2) is 39.8 Å². The Hall–Kier alpha value is -3.68. The molecule has 36 heavy (non-hydrogen) atoms. The van der Waals surface area contributed by atoms with E-state index < -0.39 is 0 Å². The third kappa shape index (κ3) is 4.47. The van der Waals surface area contributed by atoms with Crippen molar-refractivity contribution < 1.29 is 9.53 Å². The van der Waals surface area contributed by atoms with Gasteiger partial charge in [-0.05, 0) is 67.9 Å². The van der Waals surface area contributed by atoms with Crippen molar-refractivity contribution in [3.8, 4) is 17.1 Å². The lowest BCUT2D eigenvalue weighted by Gasteiger charge is -2.24. The van der Waals surface area contributed by atoms with E-state index in [-0.39, 0.29) is 5.91 Å². The summed E-state index contributed by atoms with van der Waals surface area (Å²) in [5, 5.41) is 7.83. The maximum absolute atomic E-state index is 13.5. The molecule has 0 saturated carbocycles. The third-order valence-electron chi connectivity index (χ3n) is 6.93. The first-order valence-electron chi connectivity index (χ1n) is 12.7. The Bertz CT molecular complexity index is 1360. The van der Waals surface area contributed by atoms with Crippen molar-refractivity contribution in [2.24, 2.45) is 18.0 Å². The van der Waals surface area contributed by atoms with Crippen molar-refractivity contribution >= 4 is 23.2 Å². The summed E-state index contributed by atoms with van der Waals surface area (Å²) in [7, 11) is 1.86. The number of hydrogen-bond acceptors (Lipinski definition) is 6. The van der Waals surface area contributed by atoms with Gasteiger partial charge >= 0.3 is 0 Å². The number of amides is 1. The molecule has 1 amide bonds. The number of fused-ring (bicyclic) bond motifs is 7. The molecule has 188 valence electrons. The number of anilines is 2. The first kappa shape index (κ1) is 24.0. The average Bonchev–Trinajstić information content (AvgIpc) is 3.36. The van der Waals surface area contributed by atoms with Crippen LogP contribution in [0.25, 0.3) is 11.3 Å². The highest BCUT2D eigenvalue weighted by Crippen LogP contribution is 2.39. The Labute approximate surface area is 212 Å². The smallest absolute Gasteiger partial charge is 0.280 e. The number of hydrogen-bond donors (Lipinski definition) is 1. The predicted molar refractivity (Wildman–Crippen MR) is 143 cm³/mol. The van der Waals surface area contributed by atoms with Gasteiger partial charge in [-0.2, -0.15) is 10.1 Å². The number of aryl methyl sites for hydroxylation is 3. The summed E-state index contributed by atoms with van der Waals surface area (Å²) in [6, 6.07) is 8.01. The van der Waals surface area contributed by atoms with Crippen LogP contribution in [0.2, 0.25) is 0 Å². The first-order chi connectivity index (χ1) is 17.2. The second-order valence-electron chi connectivity index (χ2n) is 10.3. The zero-order chi connectivity index (χ0) is 25.6. The molecule has 4 heterocycles. The quantitative estimate of drug-likeness (QED) is 0.492. The van der Waals surface area contributed by atoms with Crippen LogP contribution in [0.5, 0.6) is 5.88 Å². The van der Waals surface area contributed by atoms with Gasteiger partial charge in [0.05, 0.1) is 35.4 Å². The molecule has 2 aromatic heterocycles. The second-order valence-corrected chi connectivity index (χ2v) is 10.3. The number of nitrogens with zero attached hydrogens (tertiary/aromatic N) is 5. The molecule has 0 saturated heterocycles. The van der Waals surface area contributed by atoms with E-state index in [1.807, 2.05) is 14.0 Å². The van der Waals surface area contributed by atoms with Crippen LogP contribution in [-0.2, 0) is 7.05 Å². The number of rotatable bonds is 1. The number of carbonyl (C=O) groups excluding carboxylic acids is 1. The minimum Gasteiger partial charge on any atom is -0.477 e. The number of nitrogens with one attached hydrogen (secondary N) is 1. The Morgan fingerprint density at radius 2 is 1.97 bits per heavy atom. The molecule has 8 heteroatoms. The van der Waals surface area contributed by atoms with Crippen molar-refractivity contribution in [1.82, 2.24) is 14.8 Å². The Morgan fingerprint density at radius 1 is 1.17 bits per heavy atom. The molecule has 0 aliphatic carbocycles. The molecular weight excluding hydrogens is 452 g/mol. The Morgan fingerprint density at radius 3 is 2.75 bits per heavy atom. The second kappa shape index (κ2) is 9.41. The fourth-order valence-electron chi connectivity index (χ4n) is 4.94. The monoisotopic (exact) mass is 486 g/mol. The van der Waals surface area contributed by atoms with Crippen molar-refractivity contribution in [3.05, 3.63) is 52.8 Å². The summed E-state index contributed by atoms with van der Waals surface area (Å²) in [6.07, 6.45) is 3.63. The summed E-state index contributed by atoms with van der Waals surface area (Å²) in [5.41, 5.74) is 7.19. The van der Waals surface area contributed by atoms with Crippen molar-refractivity contribution in [2.45, 2.75) is 53.4 Å². The summed E-state index contributed by atoms with van der Waals surface area (Å²) in [5.74, 6) is 1.70. The van der Waals surface area contributed by atoms with Crippen molar-refractivity contribution in [3.63, 3.8) is 0 Å². The van der Waals surface area contributed by atoms with Crippen LogP contribution in [0.1, 0.15) is 66.7 Å². The van der Waals surface area contributed by atoms with Gasteiger partial charge in [0.15, 0.2) is 0 Å². The fourth-order valence-corrected chi connectivity index (χ4v) is 4.94. The van der Waals surface area contributed by atoms with Gasteiger partial charge in [-0.1, -0.05) is 26.8 Å². The van der Waals surface area contributed by atoms with Crippen LogP contribution >= 0.6 is 0 Å². The molecule has 1 atom stereocenters. The molecular formula is C28H34N6O2. The molecule has 1 aromatic carbocycles. The van der Waals surface area contributed by atoms with Gasteiger partial charge in [0.1, 0.15) is 0 Å². The summed E-state index contributed by atoms with van der Waals surface area (Å²) in [4.78, 5) is 24.9. The van der Waals surface area contributed by atoms with E-state index in [4.69, 9.17) is 4.74 Å². The minimum atomic E-state index is -0.308. The first-order valence-corrected chi connectivity index (χ1v) is 12.7. The molecule has 2 bridgehead atoms. The van der Waals surface area contributed by atoms with Gasteiger partial charge in [0, 0.05) is 24.8 Å². The molecule has 3 aromatic rings. The maximum Gasteiger partial charge on any atom is 0.280 e. The number of pyridine rings is 1. The van der Waals surface area contributed by atoms with Crippen LogP contribution < -0.4 is 15.0 Å². The molecule has 8 nitrogen and oxygen atoms in total. The SMILES string of the molecule is Cc1cc2cc(n1)-c1cnn(C)c1OCCC[C@@H](C)CN1/C(=N/C2=O)Nc2c(C)cc(C(C)C)cc21. The Balaban J connectivity index is 1.61. The van der Waals surface area contributed by atoms with E-state index >= 15 is 0 Å². The molecule has 0 radical (unpaired) electrons. The van der Waals surface area contributed by atoms with E-state index in [2.05, 4.69) is 65.1 Å². The minimum absolute atomic E-state index is 0.308. The lowest BCUT2D eigenvalue weighted by Crippen LogP contribution is -2.35. The van der Waals surface area contributed by atoms with E-state index in [1.165, 1.54) is 5.56 Å². The van der Waals surface area contributed by atoms with Gasteiger partial charge in [-0.15, -0.1) is 0 Å². The lowest BCUT2D eigenvalue weighted by molar-refractivity contribution is 0.100. The number of carbonyl (C=O) groups is 1. The number of aliphatic imine (C=N–C) groups is 1. The lowest BCUT2D eigenvalue weighted by atomic mass is 9.98.